The van der Waals surface area contributed by atoms with Crippen molar-refractivity contribution < 1.29 is 4.79 Å². The van der Waals surface area contributed by atoms with E-state index in [1.54, 1.807) is 24.5 Å². The number of hydrogen-bond donors (Lipinski definition) is 2. The van der Waals surface area contributed by atoms with E-state index in [9.17, 15) is 4.79 Å². The molecule has 0 fully saturated rings. The molecule has 20 heavy (non-hydrogen) atoms. The molecule has 4 nitrogen and oxygen atoms in total. The standard InChI is InChI=1S/C15H15N3OS/c1-10-3-4-12(15(19)17-2)6-14(10)18-8-13-5-11(7-16)9-20-13/h3-6,9,18H,8H2,1-2H3,(H,17,19). The molecular weight excluding hydrogens is 270 g/mol. The Morgan fingerprint density at radius 1 is 1.40 bits per heavy atom. The van der Waals surface area contributed by atoms with E-state index < -0.39 is 0 Å². The molecule has 0 aliphatic heterocycles. The number of anilines is 1. The van der Waals surface area contributed by atoms with Gasteiger partial charge in [-0.3, -0.25) is 4.79 Å². The SMILES string of the molecule is CNC(=O)c1ccc(C)c(NCc2cc(C#N)cs2)c1. The highest BCUT2D eigenvalue weighted by Crippen LogP contribution is 2.20. The molecule has 0 bridgehead atoms. The molecule has 1 aromatic heterocycles. The van der Waals surface area contributed by atoms with Crippen LogP contribution < -0.4 is 10.6 Å². The minimum atomic E-state index is -0.101. The van der Waals surface area contributed by atoms with Gasteiger partial charge in [0.2, 0.25) is 0 Å². The highest BCUT2D eigenvalue weighted by atomic mass is 32.1. The third kappa shape index (κ3) is 3.16. The number of benzene rings is 1. The summed E-state index contributed by atoms with van der Waals surface area (Å²) in [6.07, 6.45) is 0. The number of carbonyl (C=O) groups excluding carboxylic acids is 1. The fraction of sp³-hybridized carbons (Fsp3) is 0.200. The van der Waals surface area contributed by atoms with E-state index in [0.717, 1.165) is 16.1 Å². The van der Waals surface area contributed by atoms with Crippen LogP contribution in [0.1, 0.15) is 26.4 Å². The van der Waals surface area contributed by atoms with Gasteiger partial charge in [-0.25, -0.2) is 0 Å². The van der Waals surface area contributed by atoms with Crippen LogP contribution in [0.5, 0.6) is 0 Å². The van der Waals surface area contributed by atoms with E-state index in [2.05, 4.69) is 16.7 Å². The van der Waals surface area contributed by atoms with Gasteiger partial charge in [0.25, 0.3) is 5.91 Å². The first kappa shape index (κ1) is 14.1. The average Bonchev–Trinajstić information content (AvgIpc) is 2.93. The van der Waals surface area contributed by atoms with Gasteiger partial charge in [-0.15, -0.1) is 11.3 Å². The summed E-state index contributed by atoms with van der Waals surface area (Å²) in [7, 11) is 1.62. The third-order valence-corrected chi connectivity index (χ3v) is 3.90. The molecule has 5 heteroatoms. The third-order valence-electron chi connectivity index (χ3n) is 2.96. The predicted molar refractivity (Wildman–Crippen MR) is 80.9 cm³/mol. The lowest BCUT2D eigenvalue weighted by Crippen LogP contribution is -2.18. The van der Waals surface area contributed by atoms with Crippen LogP contribution in [0, 0.1) is 18.3 Å². The second-order valence-corrected chi connectivity index (χ2v) is 5.37. The lowest BCUT2D eigenvalue weighted by Gasteiger charge is -2.10. The van der Waals surface area contributed by atoms with Crippen molar-refractivity contribution in [1.29, 1.82) is 5.26 Å². The number of carbonyl (C=O) groups is 1. The normalized spacial score (nSPS) is 9.85. The van der Waals surface area contributed by atoms with Gasteiger partial charge in [0, 0.05) is 35.1 Å². The first-order chi connectivity index (χ1) is 9.63. The molecule has 0 aliphatic rings. The molecule has 2 N–H and O–H groups in total. The summed E-state index contributed by atoms with van der Waals surface area (Å²) >= 11 is 1.55. The molecule has 2 rings (SSSR count). The van der Waals surface area contributed by atoms with Crippen molar-refractivity contribution >= 4 is 22.9 Å². The molecule has 0 atom stereocenters. The van der Waals surface area contributed by atoms with Gasteiger partial charge in [-0.2, -0.15) is 5.26 Å². The maximum Gasteiger partial charge on any atom is 0.251 e. The minimum absolute atomic E-state index is 0.101. The van der Waals surface area contributed by atoms with Gasteiger partial charge in [0.05, 0.1) is 5.56 Å². The Kier molecular flexibility index (Phi) is 4.38. The largest absolute Gasteiger partial charge is 0.380 e. The maximum atomic E-state index is 11.6. The molecule has 1 aromatic carbocycles. The van der Waals surface area contributed by atoms with Crippen LogP contribution in [0.15, 0.2) is 29.6 Å². The lowest BCUT2D eigenvalue weighted by molar-refractivity contribution is 0.0963. The zero-order valence-electron chi connectivity index (χ0n) is 11.4. The number of nitrogens with one attached hydrogen (secondary N) is 2. The van der Waals surface area contributed by atoms with Crippen molar-refractivity contribution in [1.82, 2.24) is 5.32 Å². The molecule has 0 aliphatic carbocycles. The molecule has 0 saturated carbocycles. The summed E-state index contributed by atoms with van der Waals surface area (Å²) in [5.41, 5.74) is 3.32. The van der Waals surface area contributed by atoms with Gasteiger partial charge < -0.3 is 10.6 Å². The Labute approximate surface area is 122 Å². The second-order valence-electron chi connectivity index (χ2n) is 4.38. The van der Waals surface area contributed by atoms with E-state index in [-0.39, 0.29) is 5.91 Å². The van der Waals surface area contributed by atoms with Crippen molar-refractivity contribution in [2.75, 3.05) is 12.4 Å². The van der Waals surface area contributed by atoms with E-state index in [4.69, 9.17) is 5.26 Å². The van der Waals surface area contributed by atoms with Crippen LogP contribution in [0.2, 0.25) is 0 Å². The summed E-state index contributed by atoms with van der Waals surface area (Å²) < 4.78 is 0. The molecule has 2 aromatic rings. The van der Waals surface area contributed by atoms with Crippen LogP contribution in [0.4, 0.5) is 5.69 Å². The summed E-state index contributed by atoms with van der Waals surface area (Å²) in [4.78, 5) is 12.7. The molecule has 0 spiro atoms. The molecule has 102 valence electrons. The monoisotopic (exact) mass is 285 g/mol. The zero-order chi connectivity index (χ0) is 14.5. The summed E-state index contributed by atoms with van der Waals surface area (Å²) in [5.74, 6) is -0.101. The number of nitriles is 1. The van der Waals surface area contributed by atoms with Crippen molar-refractivity contribution in [2.45, 2.75) is 13.5 Å². The quantitative estimate of drug-likeness (QED) is 0.907. The lowest BCUT2D eigenvalue weighted by atomic mass is 10.1. The van der Waals surface area contributed by atoms with Crippen molar-refractivity contribution in [3.63, 3.8) is 0 Å². The number of thiophene rings is 1. The van der Waals surface area contributed by atoms with E-state index in [1.807, 2.05) is 30.5 Å². The van der Waals surface area contributed by atoms with Gasteiger partial charge in [0.15, 0.2) is 0 Å². The maximum absolute atomic E-state index is 11.6. The second kappa shape index (κ2) is 6.22. The first-order valence-electron chi connectivity index (χ1n) is 6.18. The fourth-order valence-corrected chi connectivity index (χ4v) is 2.56. The summed E-state index contributed by atoms with van der Waals surface area (Å²) in [5, 5.41) is 16.6. The number of aryl methyl sites for hydroxylation is 1. The first-order valence-corrected chi connectivity index (χ1v) is 7.06. The Hall–Kier alpha value is -2.32. The zero-order valence-corrected chi connectivity index (χ0v) is 12.2. The topological polar surface area (TPSA) is 64.9 Å². The summed E-state index contributed by atoms with van der Waals surface area (Å²) in [6.45, 7) is 2.63. The predicted octanol–water partition coefficient (Wildman–Crippen LogP) is 2.90. The number of hydrogen-bond acceptors (Lipinski definition) is 4. The van der Waals surface area contributed by atoms with Crippen molar-refractivity contribution in [3.05, 3.63) is 51.2 Å². The van der Waals surface area contributed by atoms with Crippen molar-refractivity contribution in [3.8, 4) is 6.07 Å². The van der Waals surface area contributed by atoms with E-state index in [0.29, 0.717) is 17.7 Å². The Balaban J connectivity index is 2.12. The van der Waals surface area contributed by atoms with Crippen LogP contribution in [-0.4, -0.2) is 13.0 Å². The van der Waals surface area contributed by atoms with Gasteiger partial charge in [-0.05, 0) is 30.7 Å². The molecule has 1 amide bonds. The van der Waals surface area contributed by atoms with Gasteiger partial charge in [-0.1, -0.05) is 6.07 Å². The van der Waals surface area contributed by atoms with Gasteiger partial charge in [0.1, 0.15) is 6.07 Å². The summed E-state index contributed by atoms with van der Waals surface area (Å²) in [6, 6.07) is 9.55. The number of nitrogens with zero attached hydrogens (tertiary/aromatic N) is 1. The highest BCUT2D eigenvalue weighted by molar-refractivity contribution is 7.10. The highest BCUT2D eigenvalue weighted by Gasteiger charge is 2.07. The Morgan fingerprint density at radius 3 is 2.85 bits per heavy atom. The number of rotatable bonds is 4. The minimum Gasteiger partial charge on any atom is -0.380 e. The fourth-order valence-electron chi connectivity index (χ4n) is 1.81. The van der Waals surface area contributed by atoms with Gasteiger partial charge >= 0.3 is 0 Å². The molecule has 0 unspecified atom stereocenters. The van der Waals surface area contributed by atoms with Crippen LogP contribution >= 0.6 is 11.3 Å². The molecule has 1 heterocycles. The van der Waals surface area contributed by atoms with E-state index in [1.165, 1.54) is 0 Å². The van der Waals surface area contributed by atoms with Crippen molar-refractivity contribution in [2.24, 2.45) is 0 Å². The molecule has 0 saturated heterocycles. The Morgan fingerprint density at radius 2 is 2.20 bits per heavy atom. The Bertz CT molecular complexity index is 670. The average molecular weight is 285 g/mol. The van der Waals surface area contributed by atoms with Crippen LogP contribution in [0.3, 0.4) is 0 Å². The van der Waals surface area contributed by atoms with E-state index >= 15 is 0 Å². The molecular formula is C15H15N3OS. The molecule has 0 radical (unpaired) electrons. The number of amides is 1. The smallest absolute Gasteiger partial charge is 0.251 e. The van der Waals surface area contributed by atoms with Crippen LogP contribution in [0.25, 0.3) is 0 Å². The van der Waals surface area contributed by atoms with Crippen LogP contribution in [-0.2, 0) is 6.54 Å².